The summed E-state index contributed by atoms with van der Waals surface area (Å²) < 4.78 is 5.48. The summed E-state index contributed by atoms with van der Waals surface area (Å²) in [4.78, 5) is 11.7. The average Bonchev–Trinajstić information content (AvgIpc) is 2.38. The first-order valence-corrected chi connectivity index (χ1v) is 7.63. The molecular weight excluding hydrogens is 260 g/mol. The number of nitrogens with two attached hydrogens (primary N) is 1. The number of nitrogen functional groups attached to an aromatic ring is 1. The number of para-hydroxylation sites is 2. The van der Waals surface area contributed by atoms with Crippen LogP contribution in [0.15, 0.2) is 24.3 Å². The summed E-state index contributed by atoms with van der Waals surface area (Å²) in [5.74, 6) is 2.65. The molecule has 0 aromatic heterocycles. The molecule has 1 aromatic rings. The number of carbonyl (C=O) groups excluding carboxylic acids is 1. The van der Waals surface area contributed by atoms with Crippen LogP contribution in [0.5, 0.6) is 5.75 Å². The summed E-state index contributed by atoms with van der Waals surface area (Å²) in [7, 11) is 0. The molecule has 0 heterocycles. The number of hydrogen-bond acceptors (Lipinski definition) is 4. The zero-order valence-corrected chi connectivity index (χ0v) is 12.3. The van der Waals surface area contributed by atoms with E-state index in [0.717, 1.165) is 11.5 Å². The lowest BCUT2D eigenvalue weighted by Gasteiger charge is -2.13. The number of nitrogens with one attached hydrogen (secondary N) is 1. The van der Waals surface area contributed by atoms with E-state index in [0.29, 0.717) is 24.5 Å². The van der Waals surface area contributed by atoms with E-state index in [9.17, 15) is 4.79 Å². The van der Waals surface area contributed by atoms with Gasteiger partial charge in [0, 0.05) is 11.8 Å². The van der Waals surface area contributed by atoms with Crippen molar-refractivity contribution in [3.63, 3.8) is 0 Å². The van der Waals surface area contributed by atoms with E-state index in [-0.39, 0.29) is 11.9 Å². The van der Waals surface area contributed by atoms with Crippen molar-refractivity contribution in [3.05, 3.63) is 24.3 Å². The van der Waals surface area contributed by atoms with Crippen LogP contribution in [-0.4, -0.2) is 30.1 Å². The van der Waals surface area contributed by atoms with E-state index in [1.54, 1.807) is 12.1 Å². The molecule has 0 aliphatic heterocycles. The molecule has 106 valence electrons. The van der Waals surface area contributed by atoms with Gasteiger partial charge >= 0.3 is 0 Å². The molecular formula is C14H22N2O2S. The fourth-order valence-corrected chi connectivity index (χ4v) is 2.22. The van der Waals surface area contributed by atoms with Crippen molar-refractivity contribution >= 4 is 23.4 Å². The van der Waals surface area contributed by atoms with Crippen LogP contribution in [-0.2, 0) is 4.79 Å². The van der Waals surface area contributed by atoms with E-state index in [1.165, 1.54) is 0 Å². The largest absolute Gasteiger partial charge is 0.491 e. The fourth-order valence-electron chi connectivity index (χ4n) is 1.55. The highest BCUT2D eigenvalue weighted by Gasteiger charge is 2.07. The van der Waals surface area contributed by atoms with Gasteiger partial charge < -0.3 is 15.8 Å². The number of benzene rings is 1. The standard InChI is InChI=1S/C14H22N2O2S/c1-3-19-10-11(2)16-14(17)8-9-18-13-7-5-4-6-12(13)15/h4-7,11H,3,8-10,15H2,1-2H3,(H,16,17). The lowest BCUT2D eigenvalue weighted by molar-refractivity contribution is -0.122. The summed E-state index contributed by atoms with van der Waals surface area (Å²) in [5.41, 5.74) is 6.34. The van der Waals surface area contributed by atoms with Crippen LogP contribution in [0.1, 0.15) is 20.3 Å². The first-order valence-electron chi connectivity index (χ1n) is 6.48. The van der Waals surface area contributed by atoms with Crippen molar-refractivity contribution in [3.8, 4) is 5.75 Å². The average molecular weight is 282 g/mol. The van der Waals surface area contributed by atoms with Gasteiger partial charge in [-0.2, -0.15) is 11.8 Å². The Bertz CT molecular complexity index is 399. The number of thioether (sulfide) groups is 1. The molecule has 1 rings (SSSR count). The third kappa shape index (κ3) is 6.38. The Morgan fingerprint density at radius 3 is 2.89 bits per heavy atom. The van der Waals surface area contributed by atoms with Crippen molar-refractivity contribution in [2.24, 2.45) is 0 Å². The second-order valence-corrected chi connectivity index (χ2v) is 5.58. The maximum Gasteiger partial charge on any atom is 0.223 e. The van der Waals surface area contributed by atoms with E-state index >= 15 is 0 Å². The van der Waals surface area contributed by atoms with E-state index in [2.05, 4.69) is 12.2 Å². The van der Waals surface area contributed by atoms with Crippen LogP contribution in [0.2, 0.25) is 0 Å². The number of ether oxygens (including phenoxy) is 1. The molecule has 5 heteroatoms. The molecule has 0 aliphatic rings. The maximum atomic E-state index is 11.7. The number of carbonyl (C=O) groups is 1. The molecule has 3 N–H and O–H groups in total. The van der Waals surface area contributed by atoms with E-state index in [1.807, 2.05) is 30.8 Å². The molecule has 1 atom stereocenters. The van der Waals surface area contributed by atoms with Crippen molar-refractivity contribution in [2.45, 2.75) is 26.3 Å². The molecule has 0 spiro atoms. The first kappa shape index (κ1) is 15.7. The summed E-state index contributed by atoms with van der Waals surface area (Å²) in [5, 5.41) is 2.94. The zero-order chi connectivity index (χ0) is 14.1. The minimum atomic E-state index is 0.0127. The number of amides is 1. The summed E-state index contributed by atoms with van der Waals surface area (Å²) in [6.45, 7) is 4.46. The monoisotopic (exact) mass is 282 g/mol. The normalized spacial score (nSPS) is 11.9. The zero-order valence-electron chi connectivity index (χ0n) is 11.5. The second-order valence-electron chi connectivity index (χ2n) is 4.26. The van der Waals surface area contributed by atoms with Gasteiger partial charge in [0.05, 0.1) is 18.7 Å². The topological polar surface area (TPSA) is 64.3 Å². The predicted octanol–water partition coefficient (Wildman–Crippen LogP) is 2.30. The van der Waals surface area contributed by atoms with Crippen LogP contribution < -0.4 is 15.8 Å². The molecule has 1 aromatic carbocycles. The highest BCUT2D eigenvalue weighted by molar-refractivity contribution is 7.99. The third-order valence-electron chi connectivity index (χ3n) is 2.49. The van der Waals surface area contributed by atoms with E-state index < -0.39 is 0 Å². The van der Waals surface area contributed by atoms with Gasteiger partial charge in [-0.05, 0) is 24.8 Å². The Labute approximate surface area is 119 Å². The molecule has 0 saturated heterocycles. The lowest BCUT2D eigenvalue weighted by Crippen LogP contribution is -2.35. The Hall–Kier alpha value is -1.36. The second kappa shape index (κ2) is 8.69. The first-order chi connectivity index (χ1) is 9.13. The minimum Gasteiger partial charge on any atom is -0.491 e. The van der Waals surface area contributed by atoms with Gasteiger partial charge in [-0.25, -0.2) is 0 Å². The molecule has 0 fully saturated rings. The highest BCUT2D eigenvalue weighted by Crippen LogP contribution is 2.19. The van der Waals surface area contributed by atoms with Gasteiger partial charge in [0.25, 0.3) is 0 Å². The smallest absolute Gasteiger partial charge is 0.223 e. The molecule has 0 aliphatic carbocycles. The van der Waals surface area contributed by atoms with Gasteiger partial charge in [0.1, 0.15) is 5.75 Å². The third-order valence-corrected chi connectivity index (χ3v) is 3.63. The molecule has 0 saturated carbocycles. The Morgan fingerprint density at radius 1 is 1.47 bits per heavy atom. The fraction of sp³-hybridized carbons (Fsp3) is 0.500. The van der Waals surface area contributed by atoms with Gasteiger partial charge in [-0.3, -0.25) is 4.79 Å². The minimum absolute atomic E-state index is 0.0127. The maximum absolute atomic E-state index is 11.7. The van der Waals surface area contributed by atoms with Gasteiger partial charge in [0.2, 0.25) is 5.91 Å². The van der Waals surface area contributed by atoms with Crippen LogP contribution in [0.3, 0.4) is 0 Å². The Kier molecular flexibility index (Phi) is 7.18. The number of rotatable bonds is 8. The number of hydrogen-bond donors (Lipinski definition) is 2. The Morgan fingerprint density at radius 2 is 2.21 bits per heavy atom. The van der Waals surface area contributed by atoms with Crippen LogP contribution in [0.4, 0.5) is 5.69 Å². The summed E-state index contributed by atoms with van der Waals surface area (Å²) in [6.07, 6.45) is 0.343. The highest BCUT2D eigenvalue weighted by atomic mass is 32.2. The van der Waals surface area contributed by atoms with Crippen molar-refractivity contribution in [2.75, 3.05) is 23.8 Å². The van der Waals surface area contributed by atoms with Gasteiger partial charge in [-0.1, -0.05) is 19.1 Å². The lowest BCUT2D eigenvalue weighted by atomic mass is 10.3. The van der Waals surface area contributed by atoms with Crippen LogP contribution in [0, 0.1) is 0 Å². The number of anilines is 1. The van der Waals surface area contributed by atoms with Gasteiger partial charge in [-0.15, -0.1) is 0 Å². The summed E-state index contributed by atoms with van der Waals surface area (Å²) >= 11 is 1.82. The Balaban J connectivity index is 2.22. The molecule has 4 nitrogen and oxygen atoms in total. The summed E-state index contributed by atoms with van der Waals surface area (Å²) in [6, 6.07) is 7.48. The molecule has 1 unspecified atom stereocenters. The van der Waals surface area contributed by atoms with Crippen molar-refractivity contribution in [1.82, 2.24) is 5.32 Å². The SMILES string of the molecule is CCSCC(C)NC(=O)CCOc1ccccc1N. The predicted molar refractivity (Wildman–Crippen MR) is 81.6 cm³/mol. The van der Waals surface area contributed by atoms with Crippen LogP contribution in [0.25, 0.3) is 0 Å². The molecule has 0 radical (unpaired) electrons. The van der Waals surface area contributed by atoms with Crippen molar-refractivity contribution in [1.29, 1.82) is 0 Å². The van der Waals surface area contributed by atoms with E-state index in [4.69, 9.17) is 10.5 Å². The van der Waals surface area contributed by atoms with Gasteiger partial charge in [0.15, 0.2) is 0 Å². The molecule has 0 bridgehead atoms. The van der Waals surface area contributed by atoms with Crippen molar-refractivity contribution < 1.29 is 9.53 Å². The van der Waals surface area contributed by atoms with Crippen LogP contribution >= 0.6 is 11.8 Å². The quantitative estimate of drug-likeness (QED) is 0.718. The molecule has 1 amide bonds. The molecule has 19 heavy (non-hydrogen) atoms.